The second kappa shape index (κ2) is 24.7. The maximum absolute atomic E-state index is 13.5. The lowest BCUT2D eigenvalue weighted by atomic mass is 10.0. The zero-order chi connectivity index (χ0) is 56.3. The maximum atomic E-state index is 13.5. The largest absolute Gasteiger partial charge is 0.481 e. The van der Waals surface area contributed by atoms with Crippen LogP contribution in [0.5, 0.6) is 69.0 Å². The summed E-state index contributed by atoms with van der Waals surface area (Å²) >= 11 is 0. The first-order valence-electron chi connectivity index (χ1n) is 24.1. The molecule has 0 aliphatic carbocycles. The number of rotatable bonds is 17. The summed E-state index contributed by atoms with van der Waals surface area (Å²) in [6.45, 7) is 11.0. The number of hydrogen-bond donors (Lipinski definition) is 2. The third-order valence-electron chi connectivity index (χ3n) is 11.7. The number of hydrogen-bond acceptors (Lipinski definition) is 8. The molecule has 0 saturated heterocycles. The quantitative estimate of drug-likeness (QED) is 0.0671. The molecule has 0 bridgehead atoms. The summed E-state index contributed by atoms with van der Waals surface area (Å²) in [5, 5.41) is 17.8. The summed E-state index contributed by atoms with van der Waals surface area (Å²) in [4.78, 5) is 21.7. The number of benzene rings is 8. The Hall–Kier alpha value is -9.18. The van der Waals surface area contributed by atoms with Crippen LogP contribution in [0.15, 0.2) is 164 Å². The standard InChI is InChI=1S/C31H27F3O5.C31H25F3O5/c2*1-19-14-25(37-24-11-8-22(21(3)16-24)9-13-30(35)36)18-26(15-19)38-28-12-10-23(31(32,33)34)17-29(28)39-27-7-5-4-6-20(27)2/h4-8,10-12,14-18H,9,13H2,1-3H3,(H,35,36);4-18H,1-3H3,(H,35,36)/b;13-9+. The van der Waals surface area contributed by atoms with Gasteiger partial charge < -0.3 is 38.6 Å². The number of carbonyl (C=O) groups is 2. The molecular weight excluding hydrogens is 1020 g/mol. The highest BCUT2D eigenvalue weighted by Crippen LogP contribution is 2.44. The van der Waals surface area contributed by atoms with E-state index in [1.807, 2.05) is 52.0 Å². The molecule has 402 valence electrons. The lowest BCUT2D eigenvalue weighted by Crippen LogP contribution is -2.05. The first kappa shape index (κ1) is 56.5. The van der Waals surface area contributed by atoms with Crippen molar-refractivity contribution in [3.05, 3.63) is 219 Å². The molecule has 8 aromatic rings. The summed E-state index contributed by atoms with van der Waals surface area (Å²) in [5.41, 5.74) is 4.79. The van der Waals surface area contributed by atoms with Crippen LogP contribution < -0.4 is 28.4 Å². The number of halogens is 6. The van der Waals surface area contributed by atoms with E-state index in [1.54, 1.807) is 111 Å². The van der Waals surface area contributed by atoms with E-state index in [0.29, 0.717) is 52.4 Å². The minimum Gasteiger partial charge on any atom is -0.481 e. The van der Waals surface area contributed by atoms with E-state index in [1.165, 1.54) is 18.2 Å². The Labute approximate surface area is 446 Å². The van der Waals surface area contributed by atoms with Crippen LogP contribution in [0.2, 0.25) is 0 Å². The van der Waals surface area contributed by atoms with Crippen molar-refractivity contribution in [1.82, 2.24) is 0 Å². The molecule has 16 heteroatoms. The Balaban J connectivity index is 0.000000226. The van der Waals surface area contributed by atoms with Crippen LogP contribution in [0.3, 0.4) is 0 Å². The maximum Gasteiger partial charge on any atom is 0.416 e. The SMILES string of the molecule is Cc1cc(Oc2ccc(/C=C/C(=O)O)c(C)c2)cc(Oc2ccc(C(F)(F)F)cc2Oc2ccccc2C)c1.Cc1cc(Oc2ccc(CCC(=O)O)c(C)c2)cc(Oc2ccc(C(F)(F)F)cc2Oc2ccccc2C)c1. The van der Waals surface area contributed by atoms with E-state index in [4.69, 9.17) is 38.6 Å². The molecule has 0 unspecified atom stereocenters. The van der Waals surface area contributed by atoms with E-state index in [9.17, 15) is 35.9 Å². The fraction of sp³-hybridized carbons (Fsp3) is 0.161. The average Bonchev–Trinajstić information content (AvgIpc) is 3.35. The van der Waals surface area contributed by atoms with E-state index in [-0.39, 0.29) is 29.4 Å². The zero-order valence-electron chi connectivity index (χ0n) is 43.0. The van der Waals surface area contributed by atoms with Gasteiger partial charge in [0.05, 0.1) is 11.1 Å². The van der Waals surface area contributed by atoms with Crippen LogP contribution in [0.1, 0.15) is 62.1 Å². The Bertz CT molecular complexity index is 3490. The molecule has 0 saturated carbocycles. The Morgan fingerprint density at radius 1 is 0.423 bits per heavy atom. The monoisotopic (exact) mass is 1070 g/mol. The molecule has 0 radical (unpaired) electrons. The number of para-hydroxylation sites is 2. The highest BCUT2D eigenvalue weighted by molar-refractivity contribution is 5.85. The molecule has 8 rings (SSSR count). The fourth-order valence-corrected chi connectivity index (χ4v) is 7.78. The first-order valence-corrected chi connectivity index (χ1v) is 24.1. The topological polar surface area (TPSA) is 130 Å². The third-order valence-corrected chi connectivity index (χ3v) is 11.7. The zero-order valence-corrected chi connectivity index (χ0v) is 43.0. The van der Waals surface area contributed by atoms with E-state index in [2.05, 4.69) is 0 Å². The van der Waals surface area contributed by atoms with Crippen LogP contribution in [-0.4, -0.2) is 22.2 Å². The fourth-order valence-electron chi connectivity index (χ4n) is 7.78. The van der Waals surface area contributed by atoms with Crippen molar-refractivity contribution in [3.63, 3.8) is 0 Å². The van der Waals surface area contributed by atoms with Gasteiger partial charge >= 0.3 is 24.3 Å². The molecule has 78 heavy (non-hydrogen) atoms. The van der Waals surface area contributed by atoms with Gasteiger partial charge in [0.25, 0.3) is 0 Å². The molecule has 0 heterocycles. The van der Waals surface area contributed by atoms with Crippen LogP contribution in [-0.2, 0) is 28.4 Å². The summed E-state index contributed by atoms with van der Waals surface area (Å²) in [7, 11) is 0. The molecule has 0 aromatic heterocycles. The normalized spacial score (nSPS) is 11.3. The predicted octanol–water partition coefficient (Wildman–Crippen LogP) is 18.1. The molecule has 0 aliphatic rings. The molecule has 0 spiro atoms. The van der Waals surface area contributed by atoms with Crippen molar-refractivity contribution >= 4 is 18.0 Å². The minimum absolute atomic E-state index is 0.0408. The molecular formula is C62H52F6O10. The van der Waals surface area contributed by atoms with Crippen LogP contribution in [0.25, 0.3) is 6.08 Å². The third kappa shape index (κ3) is 15.9. The second-order valence-electron chi connectivity index (χ2n) is 18.1. The smallest absolute Gasteiger partial charge is 0.416 e. The number of alkyl halides is 6. The van der Waals surface area contributed by atoms with E-state index >= 15 is 0 Å². The van der Waals surface area contributed by atoms with Crippen molar-refractivity contribution in [3.8, 4) is 69.0 Å². The number of aliphatic carboxylic acids is 2. The lowest BCUT2D eigenvalue weighted by molar-refractivity contribution is -0.138. The highest BCUT2D eigenvalue weighted by Gasteiger charge is 2.33. The van der Waals surface area contributed by atoms with Gasteiger partial charge in [-0.1, -0.05) is 48.5 Å². The summed E-state index contributed by atoms with van der Waals surface area (Å²) in [6, 6.07) is 41.2. The van der Waals surface area contributed by atoms with Crippen molar-refractivity contribution in [2.24, 2.45) is 0 Å². The van der Waals surface area contributed by atoms with Gasteiger partial charge in [-0.05, 0) is 196 Å². The van der Waals surface area contributed by atoms with Gasteiger partial charge in [0.1, 0.15) is 46.0 Å². The van der Waals surface area contributed by atoms with Gasteiger partial charge in [-0.15, -0.1) is 0 Å². The molecule has 0 atom stereocenters. The van der Waals surface area contributed by atoms with Gasteiger partial charge in [-0.25, -0.2) is 4.79 Å². The van der Waals surface area contributed by atoms with Crippen molar-refractivity contribution < 1.29 is 74.6 Å². The van der Waals surface area contributed by atoms with E-state index in [0.717, 1.165) is 74.8 Å². The molecule has 10 nitrogen and oxygen atoms in total. The van der Waals surface area contributed by atoms with Crippen LogP contribution in [0, 0.1) is 41.5 Å². The van der Waals surface area contributed by atoms with Crippen LogP contribution in [0.4, 0.5) is 26.3 Å². The number of carboxylic acid groups (broad SMARTS) is 2. The van der Waals surface area contributed by atoms with Crippen molar-refractivity contribution in [2.45, 2.75) is 66.7 Å². The Morgan fingerprint density at radius 2 is 0.859 bits per heavy atom. The Kier molecular flexibility index (Phi) is 17.9. The van der Waals surface area contributed by atoms with Crippen molar-refractivity contribution in [2.75, 3.05) is 0 Å². The number of ether oxygens (including phenoxy) is 6. The highest BCUT2D eigenvalue weighted by atomic mass is 19.4. The molecule has 2 N–H and O–H groups in total. The van der Waals surface area contributed by atoms with Gasteiger partial charge in [-0.3, -0.25) is 4.79 Å². The number of aryl methyl sites for hydroxylation is 7. The summed E-state index contributed by atoms with van der Waals surface area (Å²) in [5.74, 6) is 1.69. The Morgan fingerprint density at radius 3 is 1.27 bits per heavy atom. The van der Waals surface area contributed by atoms with Crippen molar-refractivity contribution in [1.29, 1.82) is 0 Å². The number of carboxylic acids is 2. The molecule has 0 amide bonds. The van der Waals surface area contributed by atoms with E-state index < -0.39 is 35.4 Å². The summed E-state index contributed by atoms with van der Waals surface area (Å²) < 4.78 is 116. The van der Waals surface area contributed by atoms with Gasteiger partial charge in [0.2, 0.25) is 0 Å². The summed E-state index contributed by atoms with van der Waals surface area (Å²) in [6.07, 6.45) is -6.08. The minimum atomic E-state index is -4.55. The van der Waals surface area contributed by atoms with Crippen LogP contribution >= 0.6 is 0 Å². The lowest BCUT2D eigenvalue weighted by Gasteiger charge is -2.17. The van der Waals surface area contributed by atoms with Gasteiger partial charge in [0.15, 0.2) is 23.0 Å². The molecule has 0 fully saturated rings. The van der Waals surface area contributed by atoms with Gasteiger partial charge in [-0.2, -0.15) is 26.3 Å². The predicted molar refractivity (Wildman–Crippen MR) is 283 cm³/mol. The van der Waals surface area contributed by atoms with Gasteiger partial charge in [0, 0.05) is 24.6 Å². The molecule has 0 aliphatic heterocycles. The average molecular weight is 1070 g/mol. The second-order valence-corrected chi connectivity index (χ2v) is 18.1. The molecule has 8 aromatic carbocycles. The first-order chi connectivity index (χ1) is 36.9.